The highest BCUT2D eigenvalue weighted by Crippen LogP contribution is 2.31. The van der Waals surface area contributed by atoms with Crippen molar-refractivity contribution in [2.75, 3.05) is 26.2 Å². The fourth-order valence-corrected chi connectivity index (χ4v) is 3.65. The van der Waals surface area contributed by atoms with Crippen LogP contribution in [-0.4, -0.2) is 58.2 Å². The van der Waals surface area contributed by atoms with Crippen molar-refractivity contribution in [1.82, 2.24) is 14.7 Å². The van der Waals surface area contributed by atoms with Gasteiger partial charge in [0.05, 0.1) is 0 Å². The third kappa shape index (κ3) is 3.56. The summed E-state index contributed by atoms with van der Waals surface area (Å²) in [5.41, 5.74) is 3.36. The van der Waals surface area contributed by atoms with Gasteiger partial charge in [0.1, 0.15) is 0 Å². The summed E-state index contributed by atoms with van der Waals surface area (Å²) >= 11 is 0. The van der Waals surface area contributed by atoms with Crippen LogP contribution in [0.1, 0.15) is 55.6 Å². The summed E-state index contributed by atoms with van der Waals surface area (Å²) < 4.78 is 0. The van der Waals surface area contributed by atoms with E-state index < -0.39 is 0 Å². The van der Waals surface area contributed by atoms with Gasteiger partial charge < -0.3 is 9.80 Å². The second-order valence-electron chi connectivity index (χ2n) is 8.00. The summed E-state index contributed by atoms with van der Waals surface area (Å²) in [7, 11) is 0. The average Bonchev–Trinajstić information content (AvgIpc) is 3.05. The molecule has 0 bridgehead atoms. The van der Waals surface area contributed by atoms with Gasteiger partial charge in [0, 0.05) is 56.8 Å². The molecule has 0 aromatic heterocycles. The van der Waals surface area contributed by atoms with Gasteiger partial charge in [-0.05, 0) is 38.0 Å². The molecule has 2 aliphatic rings. The van der Waals surface area contributed by atoms with Crippen LogP contribution < -0.4 is 0 Å². The molecule has 5 nitrogen and oxygen atoms in total. The molecule has 1 saturated heterocycles. The normalized spacial score (nSPS) is 18.4. The molecular formula is C20H29N3O2. The molecule has 136 valence electrons. The molecule has 2 aliphatic heterocycles. The van der Waals surface area contributed by atoms with Crippen molar-refractivity contribution >= 4 is 11.8 Å². The Bertz CT molecular complexity index is 670. The van der Waals surface area contributed by atoms with Crippen LogP contribution >= 0.6 is 0 Å². The SMILES string of the molecule is CCC(=O)N1CCN(C(=O)c2cccc3c2CN(C(C)(C)C)C3)CC1. The molecule has 0 radical (unpaired) electrons. The van der Waals surface area contributed by atoms with E-state index in [1.807, 2.05) is 28.9 Å². The Hall–Kier alpha value is -1.88. The number of piperazine rings is 1. The highest BCUT2D eigenvalue weighted by molar-refractivity contribution is 5.96. The quantitative estimate of drug-likeness (QED) is 0.829. The summed E-state index contributed by atoms with van der Waals surface area (Å²) in [6, 6.07) is 6.09. The lowest BCUT2D eigenvalue weighted by atomic mass is 10.0. The van der Waals surface area contributed by atoms with E-state index in [9.17, 15) is 9.59 Å². The first-order valence-corrected chi connectivity index (χ1v) is 9.24. The number of amides is 2. The predicted octanol–water partition coefficient (Wildman–Crippen LogP) is 2.50. The maximum Gasteiger partial charge on any atom is 0.254 e. The van der Waals surface area contributed by atoms with E-state index in [4.69, 9.17) is 0 Å². The number of hydrogen-bond acceptors (Lipinski definition) is 3. The molecule has 1 aromatic carbocycles. The standard InChI is InChI=1S/C20H29N3O2/c1-5-18(24)21-9-11-22(12-10-21)19(25)16-8-6-7-15-13-23(14-17(15)16)20(2,3)4/h6-8H,5,9-14H2,1-4H3. The molecule has 25 heavy (non-hydrogen) atoms. The summed E-state index contributed by atoms with van der Waals surface area (Å²) in [4.78, 5) is 31.0. The molecule has 3 rings (SSSR count). The van der Waals surface area contributed by atoms with Crippen molar-refractivity contribution < 1.29 is 9.59 Å². The van der Waals surface area contributed by atoms with Crippen LogP contribution in [-0.2, 0) is 17.9 Å². The fraction of sp³-hybridized carbons (Fsp3) is 0.600. The lowest BCUT2D eigenvalue weighted by Gasteiger charge is -2.35. The van der Waals surface area contributed by atoms with Crippen LogP contribution in [0.25, 0.3) is 0 Å². The van der Waals surface area contributed by atoms with Crippen molar-refractivity contribution in [2.45, 2.75) is 52.7 Å². The molecule has 1 fully saturated rings. The van der Waals surface area contributed by atoms with E-state index >= 15 is 0 Å². The van der Waals surface area contributed by atoms with E-state index in [1.54, 1.807) is 0 Å². The number of carbonyl (C=O) groups is 2. The summed E-state index contributed by atoms with van der Waals surface area (Å²) in [5.74, 6) is 0.282. The maximum atomic E-state index is 13.1. The van der Waals surface area contributed by atoms with Crippen LogP contribution in [0.3, 0.4) is 0 Å². The van der Waals surface area contributed by atoms with Gasteiger partial charge in [-0.3, -0.25) is 14.5 Å². The zero-order valence-corrected chi connectivity index (χ0v) is 15.8. The lowest BCUT2D eigenvalue weighted by molar-refractivity contribution is -0.132. The maximum absolute atomic E-state index is 13.1. The van der Waals surface area contributed by atoms with Crippen LogP contribution in [0, 0.1) is 0 Å². The molecule has 0 spiro atoms. The van der Waals surface area contributed by atoms with Crippen LogP contribution in [0.4, 0.5) is 0 Å². The van der Waals surface area contributed by atoms with Crippen LogP contribution in [0.2, 0.25) is 0 Å². The molecule has 1 aromatic rings. The highest BCUT2D eigenvalue weighted by atomic mass is 16.2. The zero-order valence-electron chi connectivity index (χ0n) is 15.8. The van der Waals surface area contributed by atoms with E-state index in [1.165, 1.54) is 11.1 Å². The molecule has 5 heteroatoms. The number of fused-ring (bicyclic) bond motifs is 1. The smallest absolute Gasteiger partial charge is 0.254 e. The Kier molecular flexibility index (Phi) is 4.87. The molecule has 0 aliphatic carbocycles. The van der Waals surface area contributed by atoms with E-state index in [2.05, 4.69) is 31.7 Å². The van der Waals surface area contributed by atoms with Crippen molar-refractivity contribution in [2.24, 2.45) is 0 Å². The Balaban J connectivity index is 1.73. The van der Waals surface area contributed by atoms with E-state index in [0.29, 0.717) is 32.6 Å². The average molecular weight is 343 g/mol. The number of benzene rings is 1. The van der Waals surface area contributed by atoms with Crippen molar-refractivity contribution in [3.63, 3.8) is 0 Å². The third-order valence-electron chi connectivity index (χ3n) is 5.38. The van der Waals surface area contributed by atoms with E-state index in [0.717, 1.165) is 18.7 Å². The molecule has 2 heterocycles. The summed E-state index contributed by atoms with van der Waals surface area (Å²) in [6.07, 6.45) is 0.531. The van der Waals surface area contributed by atoms with Crippen LogP contribution in [0.15, 0.2) is 18.2 Å². The molecule has 0 unspecified atom stereocenters. The minimum Gasteiger partial charge on any atom is -0.339 e. The topological polar surface area (TPSA) is 43.9 Å². The van der Waals surface area contributed by atoms with Gasteiger partial charge in [-0.2, -0.15) is 0 Å². The molecule has 0 atom stereocenters. The first kappa shape index (κ1) is 17.9. The van der Waals surface area contributed by atoms with E-state index in [-0.39, 0.29) is 17.4 Å². The molecule has 0 saturated carbocycles. The molecular weight excluding hydrogens is 314 g/mol. The second kappa shape index (κ2) is 6.79. The van der Waals surface area contributed by atoms with Crippen LogP contribution in [0.5, 0.6) is 0 Å². The number of carbonyl (C=O) groups excluding carboxylic acids is 2. The first-order chi connectivity index (χ1) is 11.8. The summed E-state index contributed by atoms with van der Waals surface area (Å²) in [6.45, 7) is 12.8. The monoisotopic (exact) mass is 343 g/mol. The third-order valence-corrected chi connectivity index (χ3v) is 5.38. The second-order valence-corrected chi connectivity index (χ2v) is 8.00. The Morgan fingerprint density at radius 3 is 2.24 bits per heavy atom. The minimum atomic E-state index is 0.0888. The van der Waals surface area contributed by atoms with Gasteiger partial charge in [-0.15, -0.1) is 0 Å². The van der Waals surface area contributed by atoms with Crippen molar-refractivity contribution in [3.05, 3.63) is 34.9 Å². The Labute approximate surface area is 150 Å². The molecule has 0 N–H and O–H groups in total. The summed E-state index contributed by atoms with van der Waals surface area (Å²) in [5, 5.41) is 0. The highest BCUT2D eigenvalue weighted by Gasteiger charge is 2.32. The van der Waals surface area contributed by atoms with Gasteiger partial charge in [-0.25, -0.2) is 0 Å². The molecule has 2 amide bonds. The Morgan fingerprint density at radius 1 is 1.00 bits per heavy atom. The van der Waals surface area contributed by atoms with Gasteiger partial charge in [-0.1, -0.05) is 19.1 Å². The predicted molar refractivity (Wildman–Crippen MR) is 98.2 cm³/mol. The van der Waals surface area contributed by atoms with Crippen molar-refractivity contribution in [3.8, 4) is 0 Å². The number of rotatable bonds is 2. The number of hydrogen-bond donors (Lipinski definition) is 0. The first-order valence-electron chi connectivity index (χ1n) is 9.24. The zero-order chi connectivity index (χ0) is 18.2. The van der Waals surface area contributed by atoms with Gasteiger partial charge in [0.2, 0.25) is 5.91 Å². The Morgan fingerprint density at radius 2 is 1.64 bits per heavy atom. The fourth-order valence-electron chi connectivity index (χ4n) is 3.65. The minimum absolute atomic E-state index is 0.0888. The van der Waals surface area contributed by atoms with Crippen molar-refractivity contribution in [1.29, 1.82) is 0 Å². The lowest BCUT2D eigenvalue weighted by Crippen LogP contribution is -2.50. The largest absolute Gasteiger partial charge is 0.339 e. The van der Waals surface area contributed by atoms with Gasteiger partial charge in [0.15, 0.2) is 0 Å². The van der Waals surface area contributed by atoms with Gasteiger partial charge in [0.25, 0.3) is 5.91 Å². The number of nitrogens with zero attached hydrogens (tertiary/aromatic N) is 3. The van der Waals surface area contributed by atoms with Gasteiger partial charge >= 0.3 is 0 Å².